The highest BCUT2D eigenvalue weighted by Crippen LogP contribution is 1.93. The lowest BCUT2D eigenvalue weighted by Gasteiger charge is -1.80. The van der Waals surface area contributed by atoms with Crippen molar-refractivity contribution in [2.24, 2.45) is 0 Å². The number of hydrogen-bond donors (Lipinski definition) is 1. The molecule has 9 heavy (non-hydrogen) atoms. The lowest BCUT2D eigenvalue weighted by molar-refractivity contribution is -0.119. The number of hydrogen-bond acceptors (Lipinski definition) is 1. The van der Waals surface area contributed by atoms with E-state index in [1.165, 1.54) is 0 Å². The predicted octanol–water partition coefficient (Wildman–Crippen LogP) is 0.683. The van der Waals surface area contributed by atoms with Gasteiger partial charge in [-0.1, -0.05) is 0 Å². The Hall–Kier alpha value is 0.00247. The molecule has 1 saturated heterocycles. The molecular formula is C6H13AlNO. The molecule has 0 unspecified atom stereocenters. The summed E-state index contributed by atoms with van der Waals surface area (Å²) in [6.07, 6.45) is 1.76. The molecule has 0 bridgehead atoms. The van der Waals surface area contributed by atoms with Gasteiger partial charge in [-0.05, 0) is 6.42 Å². The first-order valence-corrected chi connectivity index (χ1v) is 5.63. The van der Waals surface area contributed by atoms with Crippen LogP contribution in [-0.2, 0) is 4.79 Å². The molecule has 1 radical (unpaired) electrons. The zero-order valence-corrected chi connectivity index (χ0v) is 7.26. The van der Waals surface area contributed by atoms with Crippen molar-refractivity contribution >= 4 is 21.1 Å². The highest BCUT2D eigenvalue weighted by atomic mass is 27.1. The van der Waals surface area contributed by atoms with Gasteiger partial charge in [-0.15, -0.1) is 11.6 Å². The standard InChI is InChI=1S/C4H7NO.2CH3.Al/c6-4-2-1-3-5-4;;;/h1-3H2,(H,5,6);2*1H3;. The average Bonchev–Trinajstić information content (AvgIpc) is 2.20. The summed E-state index contributed by atoms with van der Waals surface area (Å²) in [6, 6.07) is 0. The van der Waals surface area contributed by atoms with Crippen LogP contribution in [0.3, 0.4) is 0 Å². The molecule has 1 rings (SSSR count). The second-order valence-electron chi connectivity index (χ2n) is 2.03. The molecule has 1 N–H and O–H groups in total. The summed E-state index contributed by atoms with van der Waals surface area (Å²) < 4.78 is 0. The quantitative estimate of drug-likeness (QED) is 0.495. The number of carbonyl (C=O) groups is 1. The smallest absolute Gasteiger partial charge is 0.220 e. The van der Waals surface area contributed by atoms with Crippen LogP contribution in [-0.4, -0.2) is 27.7 Å². The van der Waals surface area contributed by atoms with Crippen LogP contribution in [0.4, 0.5) is 0 Å². The van der Waals surface area contributed by atoms with Gasteiger partial charge < -0.3 is 5.32 Å². The molecule has 0 atom stereocenters. The second kappa shape index (κ2) is 6.13. The Balaban J connectivity index is 0.000000187. The van der Waals surface area contributed by atoms with Crippen LogP contribution in [0.2, 0.25) is 11.6 Å². The summed E-state index contributed by atoms with van der Waals surface area (Å²) in [5.41, 5.74) is 0. The largest absolute Gasteiger partial charge is 0.356 e. The highest BCUT2D eigenvalue weighted by Gasteiger charge is 2.05. The van der Waals surface area contributed by atoms with Crippen molar-refractivity contribution in [3.8, 4) is 0 Å². The number of amides is 1. The zero-order chi connectivity index (χ0) is 7.11. The summed E-state index contributed by atoms with van der Waals surface area (Å²) in [5.74, 6) is 4.62. The Morgan fingerprint density at radius 3 is 2.22 bits per heavy atom. The topological polar surface area (TPSA) is 29.1 Å². The van der Waals surface area contributed by atoms with Crippen molar-refractivity contribution in [1.82, 2.24) is 5.32 Å². The molecular weight excluding hydrogens is 129 g/mol. The van der Waals surface area contributed by atoms with Crippen LogP contribution in [0.15, 0.2) is 0 Å². The molecule has 0 aromatic rings. The Morgan fingerprint density at radius 2 is 2.11 bits per heavy atom. The third-order valence-corrected chi connectivity index (χ3v) is 0.903. The minimum atomic E-state index is 0.204. The molecule has 3 heteroatoms. The molecule has 1 fully saturated rings. The van der Waals surface area contributed by atoms with E-state index in [4.69, 9.17) is 0 Å². The maximum atomic E-state index is 10.1. The first kappa shape index (κ1) is 9.00. The number of rotatable bonds is 0. The third-order valence-electron chi connectivity index (χ3n) is 0.903. The Labute approximate surface area is 62.7 Å². The summed E-state index contributed by atoms with van der Waals surface area (Å²) in [5, 5.41) is 2.68. The molecule has 1 amide bonds. The van der Waals surface area contributed by atoms with E-state index < -0.39 is 0 Å². The maximum absolute atomic E-state index is 10.1. The Bertz CT molecular complexity index is 77.1. The van der Waals surface area contributed by atoms with Crippen molar-refractivity contribution < 1.29 is 4.79 Å². The third kappa shape index (κ3) is 5.88. The normalized spacial score (nSPS) is 15.6. The SMILES string of the molecule is O=C1CCCN1.[CH3][Al][CH3]. The lowest BCUT2D eigenvalue weighted by atomic mass is 10.4. The van der Waals surface area contributed by atoms with Gasteiger partial charge in [0.1, 0.15) is 0 Å². The first-order valence-electron chi connectivity index (χ1n) is 3.32. The van der Waals surface area contributed by atoms with Crippen molar-refractivity contribution in [2.75, 3.05) is 6.54 Å². The monoisotopic (exact) mass is 142 g/mol. The van der Waals surface area contributed by atoms with Gasteiger partial charge in [0.2, 0.25) is 5.91 Å². The minimum absolute atomic E-state index is 0.204. The van der Waals surface area contributed by atoms with E-state index in [1.807, 2.05) is 0 Å². The molecule has 0 spiro atoms. The van der Waals surface area contributed by atoms with E-state index in [9.17, 15) is 4.79 Å². The van der Waals surface area contributed by atoms with E-state index in [2.05, 4.69) is 16.9 Å². The fourth-order valence-corrected chi connectivity index (χ4v) is 0.565. The number of nitrogens with one attached hydrogen (secondary N) is 1. The van der Waals surface area contributed by atoms with Crippen molar-refractivity contribution in [1.29, 1.82) is 0 Å². The van der Waals surface area contributed by atoms with Gasteiger partial charge in [0.25, 0.3) is 0 Å². The van der Waals surface area contributed by atoms with Crippen LogP contribution in [0, 0.1) is 0 Å². The van der Waals surface area contributed by atoms with Crippen molar-refractivity contribution in [2.45, 2.75) is 24.4 Å². The summed E-state index contributed by atoms with van der Waals surface area (Å²) in [4.78, 5) is 10.1. The highest BCUT2D eigenvalue weighted by molar-refractivity contribution is 6.31. The average molecular weight is 142 g/mol. The molecule has 1 aliphatic heterocycles. The van der Waals surface area contributed by atoms with Crippen molar-refractivity contribution in [3.63, 3.8) is 0 Å². The molecule has 51 valence electrons. The second-order valence-corrected chi connectivity index (χ2v) is 3.19. The molecule has 2 nitrogen and oxygen atoms in total. The van der Waals surface area contributed by atoms with Crippen LogP contribution in [0.1, 0.15) is 12.8 Å². The van der Waals surface area contributed by atoms with Gasteiger partial charge in [0.15, 0.2) is 15.2 Å². The fraction of sp³-hybridized carbons (Fsp3) is 0.833. The lowest BCUT2D eigenvalue weighted by Crippen LogP contribution is -2.12. The van der Waals surface area contributed by atoms with Gasteiger partial charge in [-0.3, -0.25) is 4.79 Å². The Kier molecular flexibility index (Phi) is 6.13. The van der Waals surface area contributed by atoms with Crippen LogP contribution in [0.5, 0.6) is 0 Å². The summed E-state index contributed by atoms with van der Waals surface area (Å²) in [7, 11) is 0. The molecule has 0 aromatic carbocycles. The van der Waals surface area contributed by atoms with Gasteiger partial charge >= 0.3 is 0 Å². The zero-order valence-electron chi connectivity index (χ0n) is 6.11. The molecule has 1 aliphatic rings. The van der Waals surface area contributed by atoms with E-state index in [0.717, 1.165) is 34.6 Å². The van der Waals surface area contributed by atoms with Gasteiger partial charge in [0, 0.05) is 13.0 Å². The maximum Gasteiger partial charge on any atom is 0.220 e. The van der Waals surface area contributed by atoms with E-state index in [0.29, 0.717) is 0 Å². The first-order chi connectivity index (χ1) is 4.31. The van der Waals surface area contributed by atoms with Crippen LogP contribution < -0.4 is 5.32 Å². The Morgan fingerprint density at radius 1 is 1.56 bits per heavy atom. The van der Waals surface area contributed by atoms with E-state index in [1.54, 1.807) is 0 Å². The molecule has 0 aliphatic carbocycles. The number of carbonyl (C=O) groups excluding carboxylic acids is 1. The molecule has 1 heterocycles. The molecule has 0 aromatic heterocycles. The van der Waals surface area contributed by atoms with Gasteiger partial charge in [-0.25, -0.2) is 0 Å². The summed E-state index contributed by atoms with van der Waals surface area (Å²) in [6.45, 7) is 0.888. The predicted molar refractivity (Wildman–Crippen MR) is 39.7 cm³/mol. The van der Waals surface area contributed by atoms with Crippen LogP contribution >= 0.6 is 0 Å². The fourth-order valence-electron chi connectivity index (χ4n) is 0.565. The van der Waals surface area contributed by atoms with E-state index in [-0.39, 0.29) is 5.91 Å². The van der Waals surface area contributed by atoms with Gasteiger partial charge in [-0.2, -0.15) is 0 Å². The van der Waals surface area contributed by atoms with Gasteiger partial charge in [0.05, 0.1) is 0 Å². The van der Waals surface area contributed by atoms with Crippen molar-refractivity contribution in [3.05, 3.63) is 0 Å². The van der Waals surface area contributed by atoms with E-state index >= 15 is 0 Å². The van der Waals surface area contributed by atoms with Crippen LogP contribution in [0.25, 0.3) is 0 Å². The molecule has 0 saturated carbocycles. The minimum Gasteiger partial charge on any atom is -0.356 e. The summed E-state index contributed by atoms with van der Waals surface area (Å²) >= 11 is 0.750.